The Labute approximate surface area is 127 Å². The van der Waals surface area contributed by atoms with Crippen molar-refractivity contribution in [3.05, 3.63) is 35.5 Å². The molecular weight excluding hydrogens is 294 g/mol. The van der Waals surface area contributed by atoms with Gasteiger partial charge in [-0.05, 0) is 30.7 Å². The molecule has 3 N–H and O–H groups in total. The van der Waals surface area contributed by atoms with E-state index in [9.17, 15) is 4.79 Å². The summed E-state index contributed by atoms with van der Waals surface area (Å²) in [5.74, 6) is -0.714. The molecule has 1 heterocycles. The fraction of sp³-hybridized carbons (Fsp3) is 0.214. The molecule has 1 atom stereocenters. The minimum absolute atomic E-state index is 0.191. The number of rotatable bonds is 4. The van der Waals surface area contributed by atoms with Crippen molar-refractivity contribution < 1.29 is 4.79 Å². The van der Waals surface area contributed by atoms with Crippen LogP contribution in [0.5, 0.6) is 0 Å². The Morgan fingerprint density at radius 3 is 2.90 bits per heavy atom. The van der Waals surface area contributed by atoms with Gasteiger partial charge in [-0.15, -0.1) is 0 Å². The van der Waals surface area contributed by atoms with E-state index in [1.54, 1.807) is 24.4 Å². The van der Waals surface area contributed by atoms with Crippen LogP contribution in [0.4, 0.5) is 5.69 Å². The summed E-state index contributed by atoms with van der Waals surface area (Å²) in [7, 11) is 0. The lowest BCUT2D eigenvalue weighted by molar-refractivity contribution is -0.118. The summed E-state index contributed by atoms with van der Waals surface area (Å²) in [6.07, 6.45) is 2.21. The molecule has 4 nitrogen and oxygen atoms in total. The van der Waals surface area contributed by atoms with Crippen LogP contribution in [0.3, 0.4) is 0 Å². The fourth-order valence-corrected chi connectivity index (χ4v) is 2.46. The highest BCUT2D eigenvalue weighted by molar-refractivity contribution is 7.80. The van der Waals surface area contributed by atoms with E-state index >= 15 is 0 Å². The molecule has 0 radical (unpaired) electrons. The van der Waals surface area contributed by atoms with E-state index < -0.39 is 5.92 Å². The van der Waals surface area contributed by atoms with Gasteiger partial charge in [0, 0.05) is 11.6 Å². The van der Waals surface area contributed by atoms with Crippen molar-refractivity contribution in [3.63, 3.8) is 0 Å². The summed E-state index contributed by atoms with van der Waals surface area (Å²) >= 11 is 11.0. The molecule has 2 rings (SSSR count). The second-order valence-corrected chi connectivity index (χ2v) is 5.23. The highest BCUT2D eigenvalue weighted by atomic mass is 35.5. The summed E-state index contributed by atoms with van der Waals surface area (Å²) in [6, 6.07) is 7.10. The number of amides is 1. The number of aromatic nitrogens is 1. The zero-order valence-corrected chi connectivity index (χ0v) is 12.5. The van der Waals surface area contributed by atoms with Gasteiger partial charge in [0.15, 0.2) is 0 Å². The molecule has 104 valence electrons. The monoisotopic (exact) mass is 307 g/mol. The number of halogens is 1. The number of nitrogens with one attached hydrogen (secondary N) is 1. The van der Waals surface area contributed by atoms with Crippen molar-refractivity contribution in [2.75, 3.05) is 5.32 Å². The number of carbonyl (C=O) groups excluding carboxylic acids is 1. The van der Waals surface area contributed by atoms with Gasteiger partial charge in [-0.25, -0.2) is 0 Å². The molecule has 1 aromatic carbocycles. The quantitative estimate of drug-likeness (QED) is 0.852. The highest BCUT2D eigenvalue weighted by Crippen LogP contribution is 2.28. The van der Waals surface area contributed by atoms with E-state index in [-0.39, 0.29) is 10.9 Å². The van der Waals surface area contributed by atoms with Gasteiger partial charge in [0.2, 0.25) is 5.91 Å². The Morgan fingerprint density at radius 1 is 1.50 bits per heavy atom. The van der Waals surface area contributed by atoms with E-state index in [2.05, 4.69) is 10.3 Å². The number of carbonyl (C=O) groups is 1. The zero-order valence-electron chi connectivity index (χ0n) is 10.9. The molecule has 0 spiro atoms. The minimum Gasteiger partial charge on any atom is -0.393 e. The predicted octanol–water partition coefficient (Wildman–Crippen LogP) is 3.14. The Kier molecular flexibility index (Phi) is 4.52. The van der Waals surface area contributed by atoms with E-state index in [1.165, 1.54) is 0 Å². The smallest absolute Gasteiger partial charge is 0.234 e. The molecule has 1 unspecified atom stereocenters. The number of benzene rings is 1. The highest BCUT2D eigenvalue weighted by Gasteiger charge is 2.20. The molecule has 0 aliphatic heterocycles. The number of thiocarbonyl (C=S) groups is 1. The summed E-state index contributed by atoms with van der Waals surface area (Å²) in [6.45, 7) is 1.86. The van der Waals surface area contributed by atoms with E-state index in [0.717, 1.165) is 5.39 Å². The van der Waals surface area contributed by atoms with E-state index in [0.29, 0.717) is 22.6 Å². The van der Waals surface area contributed by atoms with Gasteiger partial charge in [-0.3, -0.25) is 9.78 Å². The van der Waals surface area contributed by atoms with Crippen molar-refractivity contribution in [3.8, 4) is 0 Å². The molecule has 6 heteroatoms. The van der Waals surface area contributed by atoms with Gasteiger partial charge in [-0.1, -0.05) is 30.7 Å². The van der Waals surface area contributed by atoms with Crippen molar-refractivity contribution >= 4 is 51.3 Å². The van der Waals surface area contributed by atoms with Gasteiger partial charge in [-0.2, -0.15) is 0 Å². The summed E-state index contributed by atoms with van der Waals surface area (Å²) in [4.78, 5) is 16.6. The van der Waals surface area contributed by atoms with E-state index in [4.69, 9.17) is 29.6 Å². The van der Waals surface area contributed by atoms with Crippen LogP contribution < -0.4 is 11.1 Å². The molecule has 1 aromatic heterocycles. The first-order valence-corrected chi connectivity index (χ1v) is 6.96. The van der Waals surface area contributed by atoms with Crippen LogP contribution in [0, 0.1) is 5.92 Å². The van der Waals surface area contributed by atoms with Gasteiger partial charge >= 0.3 is 0 Å². The summed E-state index contributed by atoms with van der Waals surface area (Å²) < 4.78 is 0. The molecular formula is C14H14ClN3OS. The number of fused-ring (bicyclic) bond motifs is 1. The van der Waals surface area contributed by atoms with Crippen molar-refractivity contribution in [2.45, 2.75) is 13.3 Å². The van der Waals surface area contributed by atoms with Crippen LogP contribution in [0.1, 0.15) is 13.3 Å². The zero-order chi connectivity index (χ0) is 14.7. The second-order valence-electron chi connectivity index (χ2n) is 4.35. The predicted molar refractivity (Wildman–Crippen MR) is 85.9 cm³/mol. The maximum Gasteiger partial charge on any atom is 0.234 e. The summed E-state index contributed by atoms with van der Waals surface area (Å²) in [5.41, 5.74) is 6.82. The maximum absolute atomic E-state index is 12.2. The van der Waals surface area contributed by atoms with Gasteiger partial charge in [0.05, 0.1) is 27.1 Å². The maximum atomic E-state index is 12.2. The van der Waals surface area contributed by atoms with E-state index in [1.807, 2.05) is 13.0 Å². The van der Waals surface area contributed by atoms with Gasteiger partial charge < -0.3 is 11.1 Å². The van der Waals surface area contributed by atoms with Crippen LogP contribution in [0.2, 0.25) is 5.02 Å². The SMILES string of the molecule is CCC(C(=O)Nc1ccc(Cl)c2cccnc12)C(N)=S. The number of hydrogen-bond acceptors (Lipinski definition) is 3. The van der Waals surface area contributed by atoms with Gasteiger partial charge in [0.1, 0.15) is 0 Å². The molecule has 0 bridgehead atoms. The Hall–Kier alpha value is -1.72. The standard InChI is InChI=1S/C14H14ClN3OS/c1-2-8(13(16)20)14(19)18-11-6-5-10(15)9-4-3-7-17-12(9)11/h3-8H,2H2,1H3,(H2,16,20)(H,18,19). The average Bonchev–Trinajstić information content (AvgIpc) is 2.42. The fourth-order valence-electron chi connectivity index (χ4n) is 1.97. The Morgan fingerprint density at radius 2 is 2.25 bits per heavy atom. The number of nitrogens with two attached hydrogens (primary N) is 1. The lowest BCUT2D eigenvalue weighted by Gasteiger charge is -2.14. The molecule has 0 saturated carbocycles. The molecule has 20 heavy (non-hydrogen) atoms. The first-order valence-electron chi connectivity index (χ1n) is 6.18. The number of pyridine rings is 1. The Balaban J connectivity index is 2.37. The van der Waals surface area contributed by atoms with Crippen LogP contribution in [-0.2, 0) is 4.79 Å². The second kappa shape index (κ2) is 6.15. The molecule has 2 aromatic rings. The Bertz CT molecular complexity index is 675. The molecule has 0 aliphatic rings. The lowest BCUT2D eigenvalue weighted by atomic mass is 10.1. The van der Waals surface area contributed by atoms with Crippen molar-refractivity contribution in [2.24, 2.45) is 11.7 Å². The third-order valence-electron chi connectivity index (χ3n) is 3.04. The number of nitrogens with zero attached hydrogens (tertiary/aromatic N) is 1. The largest absolute Gasteiger partial charge is 0.393 e. The summed E-state index contributed by atoms with van der Waals surface area (Å²) in [5, 5.41) is 4.19. The number of anilines is 1. The topological polar surface area (TPSA) is 68.0 Å². The lowest BCUT2D eigenvalue weighted by Crippen LogP contribution is -2.32. The molecule has 1 amide bonds. The average molecular weight is 308 g/mol. The van der Waals surface area contributed by atoms with Crippen molar-refractivity contribution in [1.29, 1.82) is 0 Å². The van der Waals surface area contributed by atoms with Crippen molar-refractivity contribution in [1.82, 2.24) is 4.98 Å². The van der Waals surface area contributed by atoms with Gasteiger partial charge in [0.25, 0.3) is 0 Å². The number of hydrogen-bond donors (Lipinski definition) is 2. The first kappa shape index (κ1) is 14.7. The first-order chi connectivity index (χ1) is 9.54. The van der Waals surface area contributed by atoms with Crippen LogP contribution in [0.25, 0.3) is 10.9 Å². The normalized spacial score (nSPS) is 12.1. The molecule has 0 aliphatic carbocycles. The molecule has 0 fully saturated rings. The van der Waals surface area contributed by atoms with Crippen LogP contribution in [-0.4, -0.2) is 15.9 Å². The minimum atomic E-state index is -0.487. The third kappa shape index (κ3) is 2.89. The molecule has 0 saturated heterocycles. The third-order valence-corrected chi connectivity index (χ3v) is 3.66. The van der Waals surface area contributed by atoms with Crippen LogP contribution in [0.15, 0.2) is 30.5 Å². The van der Waals surface area contributed by atoms with Crippen LogP contribution >= 0.6 is 23.8 Å².